The summed E-state index contributed by atoms with van der Waals surface area (Å²) in [7, 11) is 2.13. The van der Waals surface area contributed by atoms with Crippen LogP contribution in [-0.4, -0.2) is 48.9 Å². The Morgan fingerprint density at radius 3 is 2.33 bits per heavy atom. The molecule has 0 spiro atoms. The second kappa shape index (κ2) is 9.40. The molecule has 0 radical (unpaired) electrons. The molecule has 0 aliphatic carbocycles. The average Bonchev–Trinajstić information content (AvgIpc) is 3.20. The highest BCUT2D eigenvalue weighted by molar-refractivity contribution is 6.31. The first-order valence-electron chi connectivity index (χ1n) is 11.2. The zero-order valence-corrected chi connectivity index (χ0v) is 19.3. The number of rotatable bonds is 5. The molecule has 1 unspecified atom stereocenters. The second-order valence-corrected chi connectivity index (χ2v) is 8.83. The van der Waals surface area contributed by atoms with Gasteiger partial charge in [-0.15, -0.1) is 0 Å². The molecule has 6 heteroatoms. The molecule has 1 aliphatic heterocycles. The number of carbonyl (C=O) groups is 1. The number of carbonyl (C=O) groups excluding carboxylic acids is 1. The van der Waals surface area contributed by atoms with Crippen molar-refractivity contribution in [1.82, 2.24) is 9.80 Å². The predicted molar refractivity (Wildman–Crippen MR) is 133 cm³/mol. The number of amides is 1. The van der Waals surface area contributed by atoms with Crippen LogP contribution in [0.3, 0.4) is 0 Å². The molecular formula is C27H26ClN3O2. The SMILES string of the molecule is CN1CCN(C(c2ccccc2Cl)c2oc3ccccc3c2NC(=O)c2ccccc2)CC1. The molecule has 4 aromatic rings. The summed E-state index contributed by atoms with van der Waals surface area (Å²) in [4.78, 5) is 17.9. The van der Waals surface area contributed by atoms with Gasteiger partial charge in [-0.1, -0.05) is 60.1 Å². The van der Waals surface area contributed by atoms with Gasteiger partial charge in [0.15, 0.2) is 5.76 Å². The van der Waals surface area contributed by atoms with Gasteiger partial charge in [0.05, 0.1) is 11.7 Å². The van der Waals surface area contributed by atoms with Crippen LogP contribution < -0.4 is 5.32 Å². The summed E-state index contributed by atoms with van der Waals surface area (Å²) in [6.07, 6.45) is 0. The van der Waals surface area contributed by atoms with Crippen LogP contribution in [0.4, 0.5) is 5.69 Å². The highest BCUT2D eigenvalue weighted by Crippen LogP contribution is 2.42. The van der Waals surface area contributed by atoms with Crippen molar-refractivity contribution in [3.05, 3.63) is 101 Å². The molecule has 33 heavy (non-hydrogen) atoms. The normalized spacial score (nSPS) is 16.1. The molecule has 0 bridgehead atoms. The van der Waals surface area contributed by atoms with Crippen LogP contribution in [-0.2, 0) is 0 Å². The molecule has 1 atom stereocenters. The number of hydrogen-bond donors (Lipinski definition) is 1. The van der Waals surface area contributed by atoms with E-state index in [4.69, 9.17) is 16.0 Å². The minimum absolute atomic E-state index is 0.167. The van der Waals surface area contributed by atoms with E-state index in [1.54, 1.807) is 0 Å². The van der Waals surface area contributed by atoms with Crippen LogP contribution in [0.1, 0.15) is 27.7 Å². The number of hydrogen-bond acceptors (Lipinski definition) is 4. The Kier molecular flexibility index (Phi) is 6.18. The fourth-order valence-electron chi connectivity index (χ4n) is 4.44. The largest absolute Gasteiger partial charge is 0.457 e. The fraction of sp³-hybridized carbons (Fsp3) is 0.222. The van der Waals surface area contributed by atoms with Crippen molar-refractivity contribution < 1.29 is 9.21 Å². The third-order valence-electron chi connectivity index (χ3n) is 6.25. The quantitative estimate of drug-likeness (QED) is 0.417. The molecule has 5 nitrogen and oxygen atoms in total. The van der Waals surface area contributed by atoms with E-state index >= 15 is 0 Å². The Balaban J connectivity index is 1.64. The van der Waals surface area contributed by atoms with E-state index < -0.39 is 0 Å². The van der Waals surface area contributed by atoms with Gasteiger partial charge in [0.1, 0.15) is 5.58 Å². The lowest BCUT2D eigenvalue weighted by Crippen LogP contribution is -2.46. The molecule has 1 saturated heterocycles. The zero-order chi connectivity index (χ0) is 22.8. The van der Waals surface area contributed by atoms with Crippen LogP contribution in [0, 0.1) is 0 Å². The van der Waals surface area contributed by atoms with Crippen molar-refractivity contribution in [3.63, 3.8) is 0 Å². The average molecular weight is 460 g/mol. The lowest BCUT2D eigenvalue weighted by Gasteiger charge is -2.37. The molecule has 3 aromatic carbocycles. The van der Waals surface area contributed by atoms with Gasteiger partial charge in [0.2, 0.25) is 0 Å². The van der Waals surface area contributed by atoms with E-state index in [-0.39, 0.29) is 11.9 Å². The Morgan fingerprint density at radius 1 is 0.909 bits per heavy atom. The first-order chi connectivity index (χ1) is 16.1. The van der Waals surface area contributed by atoms with Crippen LogP contribution >= 0.6 is 11.6 Å². The van der Waals surface area contributed by atoms with E-state index in [9.17, 15) is 4.79 Å². The van der Waals surface area contributed by atoms with Crippen molar-refractivity contribution in [3.8, 4) is 0 Å². The van der Waals surface area contributed by atoms with E-state index in [0.29, 0.717) is 22.0 Å². The molecule has 1 aliphatic rings. The number of likely N-dealkylation sites (N-methyl/N-ethyl adjacent to an activating group) is 1. The smallest absolute Gasteiger partial charge is 0.255 e. The van der Waals surface area contributed by atoms with Crippen LogP contribution in [0.5, 0.6) is 0 Å². The summed E-state index contributed by atoms with van der Waals surface area (Å²) < 4.78 is 6.46. The molecular weight excluding hydrogens is 434 g/mol. The summed E-state index contributed by atoms with van der Waals surface area (Å²) >= 11 is 6.70. The number of benzene rings is 3. The number of fused-ring (bicyclic) bond motifs is 1. The number of nitrogens with zero attached hydrogens (tertiary/aromatic N) is 2. The number of furan rings is 1. The van der Waals surface area contributed by atoms with Gasteiger partial charge in [-0.2, -0.15) is 0 Å². The second-order valence-electron chi connectivity index (χ2n) is 8.42. The maximum Gasteiger partial charge on any atom is 0.255 e. The van der Waals surface area contributed by atoms with Crippen molar-refractivity contribution in [1.29, 1.82) is 0 Å². The molecule has 1 N–H and O–H groups in total. The number of piperazine rings is 1. The number of nitrogens with one attached hydrogen (secondary N) is 1. The third-order valence-corrected chi connectivity index (χ3v) is 6.59. The highest BCUT2D eigenvalue weighted by Gasteiger charge is 2.33. The number of anilines is 1. The predicted octanol–water partition coefficient (Wildman–Crippen LogP) is 5.68. The van der Waals surface area contributed by atoms with Gasteiger partial charge >= 0.3 is 0 Å². The molecule has 1 fully saturated rings. The van der Waals surface area contributed by atoms with Crippen molar-refractivity contribution in [2.45, 2.75) is 6.04 Å². The summed E-state index contributed by atoms with van der Waals surface area (Å²) in [5, 5.41) is 4.71. The van der Waals surface area contributed by atoms with E-state index in [0.717, 1.165) is 42.7 Å². The first kappa shape index (κ1) is 21.7. The molecule has 5 rings (SSSR count). The Labute approximate surface area is 198 Å². The summed E-state index contributed by atoms with van der Waals surface area (Å²) in [5.74, 6) is 0.540. The van der Waals surface area contributed by atoms with Gasteiger partial charge in [-0.05, 0) is 42.9 Å². The van der Waals surface area contributed by atoms with Crippen molar-refractivity contribution in [2.75, 3.05) is 38.5 Å². The lowest BCUT2D eigenvalue weighted by atomic mass is 9.99. The maximum absolute atomic E-state index is 13.2. The summed E-state index contributed by atoms with van der Waals surface area (Å²) in [5.41, 5.74) is 3.01. The van der Waals surface area contributed by atoms with Gasteiger partial charge in [0, 0.05) is 42.2 Å². The Hall–Kier alpha value is -3.12. The highest BCUT2D eigenvalue weighted by atomic mass is 35.5. The fourth-order valence-corrected chi connectivity index (χ4v) is 4.68. The standard InChI is InChI=1S/C27H26ClN3O2/c1-30-15-17-31(18-16-30)25(20-11-5-7-13-22(20)28)26-24(21-12-6-8-14-23(21)33-26)29-27(32)19-9-3-2-4-10-19/h2-14,25H,15-18H2,1H3,(H,29,32). The van der Waals surface area contributed by atoms with Gasteiger partial charge in [-0.3, -0.25) is 9.69 Å². The first-order valence-corrected chi connectivity index (χ1v) is 11.5. The van der Waals surface area contributed by atoms with Gasteiger partial charge < -0.3 is 14.6 Å². The van der Waals surface area contributed by atoms with Crippen LogP contribution in [0.25, 0.3) is 11.0 Å². The topological polar surface area (TPSA) is 48.7 Å². The molecule has 1 amide bonds. The minimum Gasteiger partial charge on any atom is -0.457 e. The van der Waals surface area contributed by atoms with Gasteiger partial charge in [0.25, 0.3) is 5.91 Å². The Morgan fingerprint density at radius 2 is 1.58 bits per heavy atom. The maximum atomic E-state index is 13.2. The van der Waals surface area contributed by atoms with Crippen LogP contribution in [0.15, 0.2) is 83.3 Å². The molecule has 1 aromatic heterocycles. The Bertz CT molecular complexity index is 1260. The van der Waals surface area contributed by atoms with Crippen LogP contribution in [0.2, 0.25) is 5.02 Å². The summed E-state index contributed by atoms with van der Waals surface area (Å²) in [6, 6.07) is 24.7. The zero-order valence-electron chi connectivity index (χ0n) is 18.5. The monoisotopic (exact) mass is 459 g/mol. The van der Waals surface area contributed by atoms with Gasteiger partial charge in [-0.25, -0.2) is 0 Å². The number of halogens is 1. The molecule has 0 saturated carbocycles. The van der Waals surface area contributed by atoms with E-state index in [1.165, 1.54) is 0 Å². The number of para-hydroxylation sites is 1. The van der Waals surface area contributed by atoms with Crippen molar-refractivity contribution in [2.24, 2.45) is 0 Å². The minimum atomic E-state index is -0.217. The summed E-state index contributed by atoms with van der Waals surface area (Å²) in [6.45, 7) is 3.64. The molecule has 2 heterocycles. The lowest BCUT2D eigenvalue weighted by molar-refractivity contribution is 0.102. The van der Waals surface area contributed by atoms with Crippen molar-refractivity contribution >= 4 is 34.2 Å². The third kappa shape index (κ3) is 4.40. The van der Waals surface area contributed by atoms with E-state index in [1.807, 2.05) is 78.9 Å². The molecule has 168 valence electrons. The van der Waals surface area contributed by atoms with E-state index in [2.05, 4.69) is 22.2 Å².